The highest BCUT2D eigenvalue weighted by Crippen LogP contribution is 2.28. The van der Waals surface area contributed by atoms with Crippen LogP contribution in [0.4, 0.5) is 4.79 Å². The zero-order valence-corrected chi connectivity index (χ0v) is 21.7. The van der Waals surface area contributed by atoms with Gasteiger partial charge >= 0.3 is 12.1 Å². The molecule has 1 N–H and O–H groups in total. The first-order chi connectivity index (χ1) is 17.0. The van der Waals surface area contributed by atoms with Gasteiger partial charge in [0.15, 0.2) is 0 Å². The Morgan fingerprint density at radius 2 is 1.92 bits per heavy atom. The van der Waals surface area contributed by atoms with E-state index in [-0.39, 0.29) is 11.3 Å². The Hall–Kier alpha value is -3.68. The van der Waals surface area contributed by atoms with Crippen LogP contribution in [0.2, 0.25) is 0 Å². The number of carbonyl (C=O) groups excluding carboxylic acids is 2. The molecule has 0 unspecified atom stereocenters. The quantitative estimate of drug-likeness (QED) is 0.318. The van der Waals surface area contributed by atoms with Crippen LogP contribution >= 0.6 is 0 Å². The number of hydrogen-bond donors (Lipinski definition) is 1. The molecule has 1 aromatic carbocycles. The molecule has 36 heavy (non-hydrogen) atoms. The number of aryl methyl sites for hydroxylation is 1. The first-order valence-electron chi connectivity index (χ1n) is 12.2. The van der Waals surface area contributed by atoms with E-state index in [1.807, 2.05) is 20.8 Å². The van der Waals surface area contributed by atoms with Crippen molar-refractivity contribution in [3.63, 3.8) is 0 Å². The summed E-state index contributed by atoms with van der Waals surface area (Å²) in [7, 11) is 0. The predicted octanol–water partition coefficient (Wildman–Crippen LogP) is 5.65. The number of nitrogens with zero attached hydrogens (tertiary/aromatic N) is 1. The van der Waals surface area contributed by atoms with Gasteiger partial charge in [0, 0.05) is 12.3 Å². The third-order valence-electron chi connectivity index (χ3n) is 5.77. The minimum atomic E-state index is -0.909. The molecule has 3 rings (SSSR count). The van der Waals surface area contributed by atoms with Gasteiger partial charge in [-0.15, -0.1) is 0 Å². The number of fused-ring (bicyclic) bond motifs is 1. The van der Waals surface area contributed by atoms with E-state index in [4.69, 9.17) is 13.9 Å². The van der Waals surface area contributed by atoms with Crippen LogP contribution in [0.25, 0.3) is 22.2 Å². The molecule has 0 aliphatic heterocycles. The summed E-state index contributed by atoms with van der Waals surface area (Å²) in [4.78, 5) is 43.1. The third-order valence-corrected chi connectivity index (χ3v) is 5.77. The molecule has 8 nitrogen and oxygen atoms in total. The highest BCUT2D eigenvalue weighted by Gasteiger charge is 2.30. The Labute approximate surface area is 211 Å². The zero-order valence-electron chi connectivity index (χ0n) is 21.7. The molecule has 0 aliphatic carbocycles. The van der Waals surface area contributed by atoms with Gasteiger partial charge in [0.25, 0.3) is 0 Å². The first kappa shape index (κ1) is 26.9. The Morgan fingerprint density at radius 3 is 2.53 bits per heavy atom. The molecule has 0 radical (unpaired) electrons. The van der Waals surface area contributed by atoms with Crippen LogP contribution in [0.5, 0.6) is 5.75 Å². The average Bonchev–Trinajstić information content (AvgIpc) is 2.82. The van der Waals surface area contributed by atoms with Crippen molar-refractivity contribution in [2.45, 2.75) is 72.4 Å². The highest BCUT2D eigenvalue weighted by molar-refractivity contribution is 5.87. The van der Waals surface area contributed by atoms with E-state index in [2.05, 4.69) is 10.3 Å². The van der Waals surface area contributed by atoms with E-state index in [1.165, 1.54) is 6.26 Å². The molecule has 0 saturated carbocycles. The average molecular weight is 495 g/mol. The van der Waals surface area contributed by atoms with Gasteiger partial charge in [0.05, 0.1) is 16.6 Å². The number of rotatable bonds is 8. The second-order valence-electron chi connectivity index (χ2n) is 9.83. The number of benzene rings is 1. The lowest BCUT2D eigenvalue weighted by Crippen LogP contribution is -2.48. The summed E-state index contributed by atoms with van der Waals surface area (Å²) in [6.45, 7) is 11.0. The molecule has 0 saturated heterocycles. The highest BCUT2D eigenvalue weighted by atomic mass is 16.6. The maximum Gasteiger partial charge on any atom is 0.408 e. The van der Waals surface area contributed by atoms with Crippen molar-refractivity contribution in [2.24, 2.45) is 5.92 Å². The number of nitrogens with one attached hydrogen (secondary N) is 1. The van der Waals surface area contributed by atoms with Gasteiger partial charge < -0.3 is 19.2 Å². The lowest BCUT2D eigenvalue weighted by atomic mass is 9.99. The van der Waals surface area contributed by atoms with Crippen molar-refractivity contribution < 1.29 is 23.5 Å². The van der Waals surface area contributed by atoms with Crippen molar-refractivity contribution in [1.82, 2.24) is 10.3 Å². The molecule has 3 aromatic rings. The molecule has 1 amide bonds. The molecule has 0 fully saturated rings. The van der Waals surface area contributed by atoms with Crippen LogP contribution in [-0.4, -0.2) is 28.7 Å². The normalized spacial score (nSPS) is 13.2. The molecule has 2 heterocycles. The number of ether oxygens (including phenoxy) is 2. The molecule has 8 heteroatoms. The minimum Gasteiger partial charge on any atom is -0.463 e. The molecule has 0 bridgehead atoms. The van der Waals surface area contributed by atoms with Gasteiger partial charge in [-0.25, -0.2) is 9.59 Å². The van der Waals surface area contributed by atoms with Gasteiger partial charge in [0.2, 0.25) is 5.43 Å². The topological polar surface area (TPSA) is 108 Å². The van der Waals surface area contributed by atoms with E-state index >= 15 is 0 Å². The molecular formula is C28H34N2O6. The van der Waals surface area contributed by atoms with E-state index < -0.39 is 23.7 Å². The molecule has 192 valence electrons. The molecule has 0 aliphatic rings. The summed E-state index contributed by atoms with van der Waals surface area (Å²) >= 11 is 0. The van der Waals surface area contributed by atoms with Gasteiger partial charge in [-0.1, -0.05) is 39.7 Å². The number of hydrogen-bond acceptors (Lipinski definition) is 7. The number of pyridine rings is 1. The van der Waals surface area contributed by atoms with Crippen LogP contribution in [0.15, 0.2) is 52.0 Å². The smallest absolute Gasteiger partial charge is 0.408 e. The van der Waals surface area contributed by atoms with Gasteiger partial charge in [-0.05, 0) is 56.9 Å². The van der Waals surface area contributed by atoms with Crippen LogP contribution in [0.3, 0.4) is 0 Å². The molecular weight excluding hydrogens is 460 g/mol. The summed E-state index contributed by atoms with van der Waals surface area (Å²) in [6.07, 6.45) is 4.28. The Balaban J connectivity index is 1.96. The maximum atomic E-state index is 13.2. The number of alkyl carbamates (subject to hydrolysis) is 1. The van der Waals surface area contributed by atoms with E-state index in [0.29, 0.717) is 46.4 Å². The predicted molar refractivity (Wildman–Crippen MR) is 138 cm³/mol. The molecule has 0 spiro atoms. The fourth-order valence-electron chi connectivity index (χ4n) is 3.74. The fourth-order valence-corrected chi connectivity index (χ4v) is 3.74. The summed E-state index contributed by atoms with van der Waals surface area (Å²) < 4.78 is 16.9. The van der Waals surface area contributed by atoms with Crippen molar-refractivity contribution in [1.29, 1.82) is 0 Å². The standard InChI is InChI=1S/C28H34N2O6/c1-7-11-18-14-19-23(34-16-20(25(19)31)21-12-9-10-13-29-21)15-22(18)35-26(32)24(17(3)8-2)30-27(33)36-28(4,5)6/h9-10,12-17,24H,7-8,11H2,1-6H3,(H,30,33)/t17-,24+/m1/s1. The lowest BCUT2D eigenvalue weighted by Gasteiger charge is -2.26. The number of carbonyl (C=O) groups is 2. The van der Waals surface area contributed by atoms with Crippen molar-refractivity contribution in [3.05, 3.63) is 58.6 Å². The lowest BCUT2D eigenvalue weighted by molar-refractivity contribution is -0.138. The largest absolute Gasteiger partial charge is 0.463 e. The summed E-state index contributed by atoms with van der Waals surface area (Å²) in [6, 6.07) is 7.68. The van der Waals surface area contributed by atoms with Crippen LogP contribution in [-0.2, 0) is 16.0 Å². The minimum absolute atomic E-state index is 0.195. The van der Waals surface area contributed by atoms with Gasteiger partial charge in [0.1, 0.15) is 29.2 Å². The van der Waals surface area contributed by atoms with Crippen molar-refractivity contribution in [3.8, 4) is 17.0 Å². The Morgan fingerprint density at radius 1 is 1.17 bits per heavy atom. The van der Waals surface area contributed by atoms with Gasteiger partial charge in [-0.3, -0.25) is 9.78 Å². The molecule has 2 atom stereocenters. The van der Waals surface area contributed by atoms with E-state index in [0.717, 1.165) is 6.42 Å². The van der Waals surface area contributed by atoms with Crippen LogP contribution in [0, 0.1) is 5.92 Å². The summed E-state index contributed by atoms with van der Waals surface area (Å²) in [5, 5.41) is 3.03. The zero-order chi connectivity index (χ0) is 26.5. The Bertz CT molecular complexity index is 1280. The maximum absolute atomic E-state index is 13.2. The fraction of sp³-hybridized carbons (Fsp3) is 0.429. The van der Waals surface area contributed by atoms with Gasteiger partial charge in [-0.2, -0.15) is 0 Å². The first-order valence-corrected chi connectivity index (χ1v) is 12.2. The van der Waals surface area contributed by atoms with Crippen LogP contribution < -0.4 is 15.5 Å². The number of esters is 1. The monoisotopic (exact) mass is 494 g/mol. The summed E-state index contributed by atoms with van der Waals surface area (Å²) in [5.74, 6) is -0.513. The van der Waals surface area contributed by atoms with E-state index in [9.17, 15) is 14.4 Å². The van der Waals surface area contributed by atoms with Crippen LogP contribution in [0.1, 0.15) is 59.9 Å². The molecule has 2 aromatic heterocycles. The second-order valence-corrected chi connectivity index (χ2v) is 9.83. The Kier molecular flexibility index (Phi) is 8.50. The van der Waals surface area contributed by atoms with Crippen molar-refractivity contribution in [2.75, 3.05) is 0 Å². The third kappa shape index (κ3) is 6.50. The second kappa shape index (κ2) is 11.4. The van der Waals surface area contributed by atoms with E-state index in [1.54, 1.807) is 57.3 Å². The number of aromatic nitrogens is 1. The van der Waals surface area contributed by atoms with Crippen molar-refractivity contribution >= 4 is 23.0 Å². The SMILES string of the molecule is CCCc1cc2c(=O)c(-c3ccccn3)coc2cc1OC(=O)[C@@H](NC(=O)OC(C)(C)C)[C@H](C)CC. The number of amides is 1. The summed E-state index contributed by atoms with van der Waals surface area (Å²) in [5.41, 5.74) is 0.950.